The molecule has 3 aliphatic heterocycles. The van der Waals surface area contributed by atoms with Crippen molar-refractivity contribution in [1.29, 1.82) is 10.5 Å². The second kappa shape index (κ2) is 12.1. The molecular weight excluding hydrogens is 554 g/mol. The number of rotatable bonds is 4. The maximum absolute atomic E-state index is 12.7. The molecule has 0 aromatic heterocycles. The molecule has 3 aliphatic rings. The zero-order valence-electron chi connectivity index (χ0n) is 22.2. The van der Waals surface area contributed by atoms with Gasteiger partial charge in [0.25, 0.3) is 0 Å². The van der Waals surface area contributed by atoms with Crippen molar-refractivity contribution in [2.45, 2.75) is 48.1 Å². The zero-order chi connectivity index (χ0) is 29.0. The molecule has 3 heterocycles. The van der Waals surface area contributed by atoms with E-state index in [-0.39, 0.29) is 58.4 Å². The number of nitrogens with zero attached hydrogens (tertiary/aromatic N) is 4. The lowest BCUT2D eigenvalue weighted by atomic mass is 10.0. The van der Waals surface area contributed by atoms with Crippen LogP contribution in [0.25, 0.3) is 0 Å². The highest BCUT2D eigenvalue weighted by molar-refractivity contribution is 7.89. The van der Waals surface area contributed by atoms with Gasteiger partial charge in [-0.3, -0.25) is 10.1 Å². The van der Waals surface area contributed by atoms with Crippen molar-refractivity contribution in [1.82, 2.24) is 13.9 Å². The molecule has 1 N–H and O–H groups in total. The standard InChI is InChI=1S/C14H17N3O3S.C13H14N2O3S/c15-11-12-3-1-2-4-13(12)21(18,19)17-8-5-14(6-9-17)16-7-10-20-14;1-10-2-3-11(9-14)13(8-10)19(17,18)15-6-4-12(16)5-7-15/h1-4,16H,5-10H2;2-3,8H,4-7H2,1H3. The molecule has 13 heteroatoms. The van der Waals surface area contributed by atoms with Crippen LogP contribution in [0.2, 0.25) is 0 Å². The summed E-state index contributed by atoms with van der Waals surface area (Å²) in [4.78, 5) is 11.3. The minimum absolute atomic E-state index is 0.0318. The number of sulfonamides is 2. The van der Waals surface area contributed by atoms with Crippen LogP contribution in [-0.4, -0.2) is 76.3 Å². The Balaban J connectivity index is 0.000000186. The monoisotopic (exact) mass is 585 g/mol. The molecule has 0 unspecified atom stereocenters. The molecule has 40 heavy (non-hydrogen) atoms. The molecular formula is C27H31N5O6S2. The predicted molar refractivity (Wildman–Crippen MR) is 145 cm³/mol. The molecule has 1 spiro atoms. The van der Waals surface area contributed by atoms with Gasteiger partial charge in [-0.25, -0.2) is 16.8 Å². The molecule has 3 saturated heterocycles. The van der Waals surface area contributed by atoms with Crippen LogP contribution in [0, 0.1) is 29.6 Å². The molecule has 0 amide bonds. The smallest absolute Gasteiger partial charge is 0.244 e. The Bertz CT molecular complexity index is 1550. The van der Waals surface area contributed by atoms with Crippen LogP contribution < -0.4 is 5.32 Å². The summed E-state index contributed by atoms with van der Waals surface area (Å²) < 4.78 is 58.8. The topological polar surface area (TPSA) is 161 Å². The summed E-state index contributed by atoms with van der Waals surface area (Å²) in [7, 11) is -7.32. The van der Waals surface area contributed by atoms with Gasteiger partial charge in [0, 0.05) is 58.4 Å². The Hall–Kier alpha value is -3.17. The Labute approximate surface area is 235 Å². The first kappa shape index (κ1) is 29.8. The van der Waals surface area contributed by atoms with Crippen LogP contribution in [0.3, 0.4) is 0 Å². The van der Waals surface area contributed by atoms with Gasteiger partial charge in [0.15, 0.2) is 0 Å². The van der Waals surface area contributed by atoms with Crippen molar-refractivity contribution in [3.63, 3.8) is 0 Å². The Morgan fingerprint density at radius 1 is 0.850 bits per heavy atom. The van der Waals surface area contributed by atoms with E-state index in [4.69, 9.17) is 15.3 Å². The van der Waals surface area contributed by atoms with Gasteiger partial charge >= 0.3 is 0 Å². The highest BCUT2D eigenvalue weighted by Gasteiger charge is 2.41. The summed E-state index contributed by atoms with van der Waals surface area (Å²) in [5, 5.41) is 21.4. The van der Waals surface area contributed by atoms with E-state index in [2.05, 4.69) is 5.32 Å². The second-order valence-electron chi connectivity index (χ2n) is 9.84. The van der Waals surface area contributed by atoms with Crippen LogP contribution in [0.5, 0.6) is 0 Å². The van der Waals surface area contributed by atoms with Crippen molar-refractivity contribution in [3.8, 4) is 12.1 Å². The molecule has 0 saturated carbocycles. The van der Waals surface area contributed by atoms with Gasteiger partial charge in [0.05, 0.1) is 22.6 Å². The van der Waals surface area contributed by atoms with Crippen molar-refractivity contribution >= 4 is 25.8 Å². The van der Waals surface area contributed by atoms with E-state index in [0.29, 0.717) is 32.5 Å². The fraction of sp³-hybridized carbons (Fsp3) is 0.444. The van der Waals surface area contributed by atoms with Gasteiger partial charge in [-0.15, -0.1) is 0 Å². The van der Waals surface area contributed by atoms with Crippen LogP contribution >= 0.6 is 0 Å². The van der Waals surface area contributed by atoms with Gasteiger partial charge in [-0.05, 0) is 36.8 Å². The van der Waals surface area contributed by atoms with E-state index < -0.39 is 20.0 Å². The maximum Gasteiger partial charge on any atom is 0.244 e. The van der Waals surface area contributed by atoms with Gasteiger partial charge in [0.2, 0.25) is 20.0 Å². The number of piperidine rings is 2. The summed E-state index contributed by atoms with van der Waals surface area (Å²) >= 11 is 0. The Morgan fingerprint density at radius 3 is 2.02 bits per heavy atom. The largest absolute Gasteiger partial charge is 0.359 e. The van der Waals surface area contributed by atoms with Crippen molar-refractivity contribution < 1.29 is 26.4 Å². The van der Waals surface area contributed by atoms with E-state index in [9.17, 15) is 21.6 Å². The average Bonchev–Trinajstić information content (AvgIpc) is 3.41. The SMILES string of the molecule is Cc1ccc(C#N)c(S(=O)(=O)N2CCC(=O)CC2)c1.N#Cc1ccccc1S(=O)(=O)N1CCC2(CC1)NCCO2. The van der Waals surface area contributed by atoms with E-state index in [1.54, 1.807) is 25.1 Å². The molecule has 0 radical (unpaired) electrons. The Kier molecular flexibility index (Phi) is 9.05. The van der Waals surface area contributed by atoms with Gasteiger partial charge < -0.3 is 4.74 Å². The van der Waals surface area contributed by atoms with Crippen molar-refractivity contribution in [2.24, 2.45) is 0 Å². The number of nitriles is 2. The number of ketones is 1. The molecule has 2 aromatic carbocycles. The minimum Gasteiger partial charge on any atom is -0.359 e. The lowest BCUT2D eigenvalue weighted by Gasteiger charge is -2.37. The van der Waals surface area contributed by atoms with Crippen molar-refractivity contribution in [3.05, 3.63) is 59.2 Å². The third kappa shape index (κ3) is 6.25. The number of hydrogen-bond acceptors (Lipinski definition) is 9. The van der Waals surface area contributed by atoms with Crippen molar-refractivity contribution in [2.75, 3.05) is 39.3 Å². The fourth-order valence-corrected chi connectivity index (χ4v) is 8.21. The lowest BCUT2D eigenvalue weighted by Crippen LogP contribution is -2.52. The fourth-order valence-electron chi connectivity index (χ4n) is 4.96. The molecule has 2 aromatic rings. The molecule has 212 valence electrons. The quantitative estimate of drug-likeness (QED) is 0.565. The molecule has 0 bridgehead atoms. The normalized spacial score (nSPS) is 19.8. The highest BCUT2D eigenvalue weighted by atomic mass is 32.2. The van der Waals surface area contributed by atoms with Gasteiger partial charge in [-0.2, -0.15) is 19.1 Å². The summed E-state index contributed by atoms with van der Waals surface area (Å²) in [5.41, 5.74) is 0.752. The average molecular weight is 586 g/mol. The van der Waals surface area contributed by atoms with Gasteiger partial charge in [0.1, 0.15) is 28.5 Å². The van der Waals surface area contributed by atoms with Gasteiger partial charge in [-0.1, -0.05) is 18.2 Å². The van der Waals surface area contributed by atoms with Crippen LogP contribution in [-0.2, 0) is 29.6 Å². The zero-order valence-corrected chi connectivity index (χ0v) is 23.8. The third-order valence-corrected chi connectivity index (χ3v) is 11.1. The number of carbonyl (C=O) groups is 1. The third-order valence-electron chi connectivity index (χ3n) is 7.24. The summed E-state index contributed by atoms with van der Waals surface area (Å²) in [6, 6.07) is 14.9. The minimum atomic E-state index is -3.69. The first-order valence-electron chi connectivity index (χ1n) is 12.9. The Morgan fingerprint density at radius 2 is 1.43 bits per heavy atom. The van der Waals surface area contributed by atoms with E-state index in [1.807, 2.05) is 12.1 Å². The number of hydrogen-bond donors (Lipinski definition) is 1. The van der Waals surface area contributed by atoms with Crippen LogP contribution in [0.1, 0.15) is 42.4 Å². The number of ether oxygens (including phenoxy) is 1. The van der Waals surface area contributed by atoms with Crippen LogP contribution in [0.15, 0.2) is 52.3 Å². The second-order valence-corrected chi connectivity index (χ2v) is 13.6. The first-order valence-corrected chi connectivity index (χ1v) is 15.8. The summed E-state index contributed by atoms with van der Waals surface area (Å²) in [6.07, 6.45) is 1.74. The number of carbonyl (C=O) groups excluding carboxylic acids is 1. The molecule has 5 rings (SSSR count). The molecule has 11 nitrogen and oxygen atoms in total. The number of benzene rings is 2. The number of Topliss-reactive ketones (excluding diaryl/α,β-unsaturated/α-hetero) is 1. The lowest BCUT2D eigenvalue weighted by molar-refractivity contribution is -0.120. The number of aryl methyl sites for hydroxylation is 1. The summed E-state index contributed by atoms with van der Waals surface area (Å²) in [5.74, 6) is 0.0798. The summed E-state index contributed by atoms with van der Waals surface area (Å²) in [6.45, 7) is 4.44. The van der Waals surface area contributed by atoms with Crippen LogP contribution in [0.4, 0.5) is 0 Å². The maximum atomic E-state index is 12.7. The highest BCUT2D eigenvalue weighted by Crippen LogP contribution is 2.30. The molecule has 3 fully saturated rings. The molecule has 0 aliphatic carbocycles. The predicted octanol–water partition coefficient (Wildman–Crippen LogP) is 1.88. The first-order chi connectivity index (χ1) is 19.0. The van der Waals surface area contributed by atoms with E-state index in [1.165, 1.54) is 32.9 Å². The molecule has 0 atom stereocenters. The number of nitrogens with one attached hydrogen (secondary N) is 1. The van der Waals surface area contributed by atoms with E-state index >= 15 is 0 Å². The van der Waals surface area contributed by atoms with E-state index in [0.717, 1.165) is 12.1 Å².